The summed E-state index contributed by atoms with van der Waals surface area (Å²) >= 11 is 5.86. The number of hydrogen-bond donors (Lipinski definition) is 2. The maximum Gasteiger partial charge on any atom is 0.253 e. The molecule has 3 N–H and O–H groups in total. The number of pyridine rings is 1. The molecule has 0 saturated carbocycles. The van der Waals surface area contributed by atoms with Crippen molar-refractivity contribution in [2.75, 3.05) is 25.5 Å². The Balaban J connectivity index is 2.39. The molecule has 0 radical (unpaired) electrons. The third-order valence-electron chi connectivity index (χ3n) is 2.10. The molecule has 0 spiro atoms. The molecule has 5 nitrogen and oxygen atoms in total. The number of anilines is 1. The summed E-state index contributed by atoms with van der Waals surface area (Å²) in [6.07, 6.45) is 1.36. The van der Waals surface area contributed by atoms with E-state index in [-0.39, 0.29) is 16.7 Å². The minimum Gasteiger partial charge on any atom is -0.384 e. The third kappa shape index (κ3) is 4.89. The summed E-state index contributed by atoms with van der Waals surface area (Å²) in [6.45, 7) is 5.72. The number of aromatic nitrogens is 1. The lowest BCUT2D eigenvalue weighted by Crippen LogP contribution is -2.28. The van der Waals surface area contributed by atoms with E-state index in [1.165, 1.54) is 12.3 Å². The van der Waals surface area contributed by atoms with Gasteiger partial charge >= 0.3 is 0 Å². The predicted octanol–water partition coefficient (Wildman–Crippen LogP) is 1.72. The van der Waals surface area contributed by atoms with Gasteiger partial charge in [0.25, 0.3) is 5.91 Å². The standard InChI is InChI=1S/C12H18ClN3O2/c1-8(2)7-18-4-3-15-12(17)9-5-11(14)16-6-10(9)13/h5-6,8H,3-4,7H2,1-2H3,(H2,14,16)(H,15,17). The predicted molar refractivity (Wildman–Crippen MR) is 71.6 cm³/mol. The smallest absolute Gasteiger partial charge is 0.253 e. The first-order valence-corrected chi connectivity index (χ1v) is 6.15. The zero-order chi connectivity index (χ0) is 13.5. The van der Waals surface area contributed by atoms with Crippen LogP contribution in [0.5, 0.6) is 0 Å². The Hall–Kier alpha value is -1.33. The number of nitrogens with one attached hydrogen (secondary N) is 1. The van der Waals surface area contributed by atoms with Crippen LogP contribution in [-0.4, -0.2) is 30.6 Å². The fourth-order valence-corrected chi connectivity index (χ4v) is 1.47. The molecule has 100 valence electrons. The number of nitrogens with two attached hydrogens (primary N) is 1. The SMILES string of the molecule is CC(C)COCCNC(=O)c1cc(N)ncc1Cl. The first-order valence-electron chi connectivity index (χ1n) is 5.77. The van der Waals surface area contributed by atoms with E-state index in [1.54, 1.807) is 0 Å². The first kappa shape index (κ1) is 14.7. The maximum absolute atomic E-state index is 11.8. The highest BCUT2D eigenvalue weighted by atomic mass is 35.5. The van der Waals surface area contributed by atoms with Gasteiger partial charge in [0.2, 0.25) is 0 Å². The second-order valence-electron chi connectivity index (χ2n) is 4.31. The molecule has 0 saturated heterocycles. The van der Waals surface area contributed by atoms with Gasteiger partial charge in [0, 0.05) is 19.3 Å². The van der Waals surface area contributed by atoms with E-state index >= 15 is 0 Å². The summed E-state index contributed by atoms with van der Waals surface area (Å²) < 4.78 is 5.35. The maximum atomic E-state index is 11.8. The zero-order valence-corrected chi connectivity index (χ0v) is 11.3. The van der Waals surface area contributed by atoms with Crippen molar-refractivity contribution in [3.8, 4) is 0 Å². The highest BCUT2D eigenvalue weighted by Crippen LogP contribution is 2.16. The summed E-state index contributed by atoms with van der Waals surface area (Å²) in [5, 5.41) is 2.99. The van der Waals surface area contributed by atoms with Gasteiger partial charge in [0.15, 0.2) is 0 Å². The Morgan fingerprint density at radius 1 is 1.61 bits per heavy atom. The Bertz CT molecular complexity index is 410. The summed E-state index contributed by atoms with van der Waals surface area (Å²) in [6, 6.07) is 1.45. The number of amides is 1. The number of rotatable bonds is 6. The monoisotopic (exact) mass is 271 g/mol. The first-order chi connectivity index (χ1) is 8.50. The molecule has 0 aliphatic heterocycles. The quantitative estimate of drug-likeness (QED) is 0.773. The Morgan fingerprint density at radius 2 is 2.33 bits per heavy atom. The van der Waals surface area contributed by atoms with Crippen LogP contribution in [0.1, 0.15) is 24.2 Å². The lowest BCUT2D eigenvalue weighted by Gasteiger charge is -2.09. The fourth-order valence-electron chi connectivity index (χ4n) is 1.28. The molecule has 1 rings (SSSR count). The molecule has 1 heterocycles. The molecule has 0 unspecified atom stereocenters. The molecule has 0 atom stereocenters. The normalized spacial score (nSPS) is 10.7. The van der Waals surface area contributed by atoms with Crippen molar-refractivity contribution in [3.63, 3.8) is 0 Å². The van der Waals surface area contributed by atoms with Crippen LogP contribution in [-0.2, 0) is 4.74 Å². The number of ether oxygens (including phenoxy) is 1. The van der Waals surface area contributed by atoms with Crippen LogP contribution >= 0.6 is 11.6 Å². The van der Waals surface area contributed by atoms with Crippen LogP contribution < -0.4 is 11.1 Å². The third-order valence-corrected chi connectivity index (χ3v) is 2.41. The second kappa shape index (κ2) is 7.18. The molecule has 1 aromatic heterocycles. The van der Waals surface area contributed by atoms with Crippen LogP contribution in [0.25, 0.3) is 0 Å². The zero-order valence-electron chi connectivity index (χ0n) is 10.6. The largest absolute Gasteiger partial charge is 0.384 e. The molecule has 1 aromatic rings. The fraction of sp³-hybridized carbons (Fsp3) is 0.500. The van der Waals surface area contributed by atoms with Crippen LogP contribution in [0.3, 0.4) is 0 Å². The van der Waals surface area contributed by atoms with Crippen LogP contribution in [0, 0.1) is 5.92 Å². The van der Waals surface area contributed by atoms with Gasteiger partial charge in [0.1, 0.15) is 5.82 Å². The van der Waals surface area contributed by atoms with E-state index < -0.39 is 0 Å². The molecule has 18 heavy (non-hydrogen) atoms. The Labute approximate surface area is 112 Å². The van der Waals surface area contributed by atoms with Crippen LogP contribution in [0.4, 0.5) is 5.82 Å². The second-order valence-corrected chi connectivity index (χ2v) is 4.72. The van der Waals surface area contributed by atoms with Crippen LogP contribution in [0.15, 0.2) is 12.3 Å². The molecule has 0 aliphatic carbocycles. The van der Waals surface area contributed by atoms with E-state index in [9.17, 15) is 4.79 Å². The van der Waals surface area contributed by atoms with Crippen molar-refractivity contribution < 1.29 is 9.53 Å². The van der Waals surface area contributed by atoms with Gasteiger partial charge < -0.3 is 15.8 Å². The lowest BCUT2D eigenvalue weighted by molar-refractivity contribution is 0.0886. The molecule has 0 aromatic carbocycles. The van der Waals surface area contributed by atoms with Gasteiger partial charge in [-0.25, -0.2) is 4.98 Å². The summed E-state index contributed by atoms with van der Waals surface area (Å²) in [4.78, 5) is 15.6. The Kier molecular flexibility index (Phi) is 5.88. The molecule has 0 aliphatic rings. The van der Waals surface area contributed by atoms with E-state index in [0.29, 0.717) is 31.2 Å². The summed E-state index contributed by atoms with van der Waals surface area (Å²) in [5.41, 5.74) is 5.83. The number of carbonyl (C=O) groups is 1. The topological polar surface area (TPSA) is 77.2 Å². The minimum atomic E-state index is -0.276. The summed E-state index contributed by atoms with van der Waals surface area (Å²) in [7, 11) is 0. The van der Waals surface area contributed by atoms with Gasteiger partial charge in [-0.15, -0.1) is 0 Å². The van der Waals surface area contributed by atoms with E-state index in [1.807, 2.05) is 0 Å². The van der Waals surface area contributed by atoms with Gasteiger partial charge in [-0.2, -0.15) is 0 Å². The van der Waals surface area contributed by atoms with Crippen molar-refractivity contribution in [2.24, 2.45) is 5.92 Å². The molecular weight excluding hydrogens is 254 g/mol. The average Bonchev–Trinajstić information content (AvgIpc) is 2.31. The highest BCUT2D eigenvalue weighted by Gasteiger charge is 2.10. The number of halogens is 1. The lowest BCUT2D eigenvalue weighted by atomic mass is 10.2. The van der Waals surface area contributed by atoms with Gasteiger partial charge in [-0.1, -0.05) is 25.4 Å². The van der Waals surface area contributed by atoms with E-state index in [2.05, 4.69) is 24.1 Å². The van der Waals surface area contributed by atoms with Gasteiger partial charge in [-0.3, -0.25) is 4.79 Å². The Morgan fingerprint density at radius 3 is 3.00 bits per heavy atom. The minimum absolute atomic E-state index is 0.264. The van der Waals surface area contributed by atoms with Crippen molar-refractivity contribution >= 4 is 23.3 Å². The molecular formula is C12H18ClN3O2. The van der Waals surface area contributed by atoms with Crippen molar-refractivity contribution in [2.45, 2.75) is 13.8 Å². The molecule has 6 heteroatoms. The van der Waals surface area contributed by atoms with Gasteiger partial charge in [-0.05, 0) is 12.0 Å². The van der Waals surface area contributed by atoms with Crippen molar-refractivity contribution in [1.29, 1.82) is 0 Å². The number of hydrogen-bond acceptors (Lipinski definition) is 4. The molecule has 1 amide bonds. The van der Waals surface area contributed by atoms with Crippen molar-refractivity contribution in [1.82, 2.24) is 10.3 Å². The average molecular weight is 272 g/mol. The molecule has 0 fully saturated rings. The highest BCUT2D eigenvalue weighted by molar-refractivity contribution is 6.33. The van der Waals surface area contributed by atoms with E-state index in [0.717, 1.165) is 0 Å². The van der Waals surface area contributed by atoms with E-state index in [4.69, 9.17) is 22.1 Å². The van der Waals surface area contributed by atoms with Crippen molar-refractivity contribution in [3.05, 3.63) is 22.8 Å². The molecule has 0 bridgehead atoms. The number of nitrogen functional groups attached to an aromatic ring is 1. The number of nitrogens with zero attached hydrogens (tertiary/aromatic N) is 1. The number of carbonyl (C=O) groups excluding carboxylic acids is 1. The van der Waals surface area contributed by atoms with Crippen LogP contribution in [0.2, 0.25) is 5.02 Å². The summed E-state index contributed by atoms with van der Waals surface area (Å²) in [5.74, 6) is 0.470. The van der Waals surface area contributed by atoms with Gasteiger partial charge in [0.05, 0.1) is 17.2 Å².